The first-order valence-corrected chi connectivity index (χ1v) is 12.9. The summed E-state index contributed by atoms with van der Waals surface area (Å²) in [6.07, 6.45) is 7.16. The van der Waals surface area contributed by atoms with E-state index < -0.39 is 0 Å². The quantitative estimate of drug-likeness (QED) is 0.333. The summed E-state index contributed by atoms with van der Waals surface area (Å²) in [5.41, 5.74) is 1.92. The Labute approximate surface area is 227 Å². The summed E-state index contributed by atoms with van der Waals surface area (Å²) in [5, 5.41) is 9.74. The first-order chi connectivity index (χ1) is 18.4. The van der Waals surface area contributed by atoms with Gasteiger partial charge in [0, 0.05) is 36.1 Å². The Bertz CT molecular complexity index is 1280. The van der Waals surface area contributed by atoms with Gasteiger partial charge in [-0.25, -0.2) is 4.98 Å². The number of benzene rings is 2. The summed E-state index contributed by atoms with van der Waals surface area (Å²) in [6, 6.07) is 16.6. The summed E-state index contributed by atoms with van der Waals surface area (Å²) in [5.74, 6) is 0.488. The van der Waals surface area contributed by atoms with Crippen LogP contribution >= 0.6 is 11.6 Å². The third kappa shape index (κ3) is 7.53. The van der Waals surface area contributed by atoms with Crippen molar-refractivity contribution in [3.63, 3.8) is 0 Å². The number of halogens is 1. The van der Waals surface area contributed by atoms with Crippen LogP contribution in [0.1, 0.15) is 29.6 Å². The molecule has 9 nitrogen and oxygen atoms in total. The van der Waals surface area contributed by atoms with Crippen molar-refractivity contribution in [1.82, 2.24) is 19.8 Å². The summed E-state index contributed by atoms with van der Waals surface area (Å²) >= 11 is 6.32. The Hall–Kier alpha value is -3.95. The molecule has 1 saturated heterocycles. The highest BCUT2D eigenvalue weighted by molar-refractivity contribution is 6.32. The molecule has 1 fully saturated rings. The molecule has 2 heterocycles. The second-order valence-corrected chi connectivity index (χ2v) is 9.68. The maximum atomic E-state index is 13.5. The minimum atomic E-state index is -0.283. The second-order valence-electron chi connectivity index (χ2n) is 9.27. The zero-order valence-electron chi connectivity index (χ0n) is 21.5. The lowest BCUT2D eigenvalue weighted by Gasteiger charge is -2.36. The molecule has 2 aromatic carbocycles. The van der Waals surface area contributed by atoms with Crippen LogP contribution in [0, 0.1) is 0 Å². The summed E-state index contributed by atoms with van der Waals surface area (Å²) in [4.78, 5) is 38.4. The molecule has 0 bridgehead atoms. The number of amides is 2. The Morgan fingerprint density at radius 1 is 1.11 bits per heavy atom. The van der Waals surface area contributed by atoms with E-state index in [1.807, 2.05) is 49.3 Å². The SMILES string of the molecule is CN(C)C/C=C/C(=O)Nc1cccc(C(=O)N2CCCCC2Nc2ncc(Cl)c(Nc3ccccc3)n2)c1. The van der Waals surface area contributed by atoms with Gasteiger partial charge in [-0.15, -0.1) is 0 Å². The van der Waals surface area contributed by atoms with Crippen molar-refractivity contribution < 1.29 is 9.59 Å². The fraction of sp³-hybridized carbons (Fsp3) is 0.286. The van der Waals surface area contributed by atoms with Gasteiger partial charge in [0.15, 0.2) is 5.82 Å². The van der Waals surface area contributed by atoms with Crippen LogP contribution in [-0.2, 0) is 4.79 Å². The maximum absolute atomic E-state index is 13.5. The van der Waals surface area contributed by atoms with Crippen molar-refractivity contribution in [2.45, 2.75) is 25.4 Å². The molecule has 198 valence electrons. The van der Waals surface area contributed by atoms with Crippen molar-refractivity contribution >= 4 is 46.6 Å². The van der Waals surface area contributed by atoms with Gasteiger partial charge < -0.3 is 25.8 Å². The highest BCUT2D eigenvalue weighted by Crippen LogP contribution is 2.26. The van der Waals surface area contributed by atoms with Crippen LogP contribution in [0.15, 0.2) is 72.9 Å². The number of hydrogen-bond donors (Lipinski definition) is 3. The normalized spacial score (nSPS) is 15.5. The van der Waals surface area contributed by atoms with E-state index in [1.165, 1.54) is 12.3 Å². The van der Waals surface area contributed by atoms with Crippen LogP contribution in [0.5, 0.6) is 0 Å². The number of anilines is 4. The third-order valence-electron chi connectivity index (χ3n) is 5.96. The van der Waals surface area contributed by atoms with Gasteiger partial charge in [-0.05, 0) is 63.7 Å². The molecule has 3 aromatic rings. The van der Waals surface area contributed by atoms with E-state index in [-0.39, 0.29) is 18.0 Å². The topological polar surface area (TPSA) is 102 Å². The predicted molar refractivity (Wildman–Crippen MR) is 152 cm³/mol. The number of nitrogens with zero attached hydrogens (tertiary/aromatic N) is 4. The number of aromatic nitrogens is 2. The molecule has 0 saturated carbocycles. The zero-order chi connectivity index (χ0) is 26.9. The average molecular weight is 534 g/mol. The van der Waals surface area contributed by atoms with Crippen molar-refractivity contribution in [2.75, 3.05) is 43.1 Å². The molecule has 1 aromatic heterocycles. The molecule has 1 aliphatic heterocycles. The minimum absolute atomic E-state index is 0.127. The van der Waals surface area contributed by atoms with Gasteiger partial charge in [0.2, 0.25) is 11.9 Å². The Morgan fingerprint density at radius 2 is 1.89 bits per heavy atom. The van der Waals surface area contributed by atoms with Gasteiger partial charge >= 0.3 is 0 Å². The van der Waals surface area contributed by atoms with Gasteiger partial charge in [0.25, 0.3) is 5.91 Å². The lowest BCUT2D eigenvalue weighted by atomic mass is 10.1. The number of likely N-dealkylation sites (tertiary alicyclic amines) is 1. The van der Waals surface area contributed by atoms with Crippen LogP contribution < -0.4 is 16.0 Å². The molecule has 38 heavy (non-hydrogen) atoms. The molecular weight excluding hydrogens is 502 g/mol. The Morgan fingerprint density at radius 3 is 2.68 bits per heavy atom. The molecule has 0 radical (unpaired) electrons. The average Bonchev–Trinajstić information content (AvgIpc) is 2.91. The van der Waals surface area contributed by atoms with Crippen molar-refractivity contribution in [1.29, 1.82) is 0 Å². The van der Waals surface area contributed by atoms with Gasteiger partial charge in [0.05, 0.1) is 6.20 Å². The Kier molecular flexibility index (Phi) is 9.29. The van der Waals surface area contributed by atoms with Crippen LogP contribution in [0.25, 0.3) is 0 Å². The fourth-order valence-corrected chi connectivity index (χ4v) is 4.24. The number of hydrogen-bond acceptors (Lipinski definition) is 7. The minimum Gasteiger partial charge on any atom is -0.339 e. The van der Waals surface area contributed by atoms with Crippen molar-refractivity contribution in [2.24, 2.45) is 0 Å². The number of carbonyl (C=O) groups excluding carboxylic acids is 2. The maximum Gasteiger partial charge on any atom is 0.255 e. The van der Waals surface area contributed by atoms with Crippen LogP contribution in [0.2, 0.25) is 5.02 Å². The molecule has 4 rings (SSSR count). The van der Waals surface area contributed by atoms with E-state index in [4.69, 9.17) is 11.6 Å². The van der Waals surface area contributed by atoms with Crippen molar-refractivity contribution in [3.05, 3.63) is 83.5 Å². The number of rotatable bonds is 9. The van der Waals surface area contributed by atoms with Crippen molar-refractivity contribution in [3.8, 4) is 0 Å². The molecule has 0 aliphatic carbocycles. The van der Waals surface area contributed by atoms with Gasteiger partial charge in [-0.2, -0.15) is 4.98 Å². The highest BCUT2D eigenvalue weighted by Gasteiger charge is 2.28. The molecule has 1 atom stereocenters. The van der Waals surface area contributed by atoms with E-state index in [9.17, 15) is 9.59 Å². The smallest absolute Gasteiger partial charge is 0.255 e. The number of piperidine rings is 1. The number of para-hydroxylation sites is 1. The number of likely N-dealkylation sites (N-methyl/N-ethyl adjacent to an activating group) is 1. The second kappa shape index (κ2) is 13.0. The zero-order valence-corrected chi connectivity index (χ0v) is 22.3. The van der Waals surface area contributed by atoms with Gasteiger partial charge in [-0.3, -0.25) is 9.59 Å². The highest BCUT2D eigenvalue weighted by atomic mass is 35.5. The molecule has 3 N–H and O–H groups in total. The van der Waals surface area contributed by atoms with E-state index >= 15 is 0 Å². The van der Waals surface area contributed by atoms with Crippen LogP contribution in [0.4, 0.5) is 23.1 Å². The van der Waals surface area contributed by atoms with Gasteiger partial charge in [0.1, 0.15) is 11.2 Å². The van der Waals surface area contributed by atoms with E-state index in [2.05, 4.69) is 25.9 Å². The van der Waals surface area contributed by atoms with E-state index in [0.717, 1.165) is 24.9 Å². The molecule has 10 heteroatoms. The standard InChI is InChI=1S/C28H32ClN7O2/c1-35(2)16-9-15-25(37)31-22-13-8-10-20(18-22)27(38)36-17-7-6-14-24(36)33-28-30-19-23(29)26(34-28)32-21-11-4-3-5-12-21/h3-5,8-13,15,18-19,24H,6-7,14,16-17H2,1-2H3,(H,31,37)(H2,30,32,33,34)/b15-9+. The Balaban J connectivity index is 1.45. The van der Waals surface area contributed by atoms with Crippen LogP contribution in [0.3, 0.4) is 0 Å². The number of carbonyl (C=O) groups is 2. The predicted octanol–water partition coefficient (Wildman–Crippen LogP) is 4.99. The number of nitrogens with one attached hydrogen (secondary N) is 3. The summed E-state index contributed by atoms with van der Waals surface area (Å²) in [7, 11) is 3.86. The largest absolute Gasteiger partial charge is 0.339 e. The molecule has 1 unspecified atom stereocenters. The fourth-order valence-electron chi connectivity index (χ4n) is 4.11. The van der Waals surface area contributed by atoms with Gasteiger partial charge in [-0.1, -0.05) is 41.9 Å². The molecule has 1 aliphatic rings. The van der Waals surface area contributed by atoms with E-state index in [1.54, 1.807) is 35.2 Å². The first-order valence-electron chi connectivity index (χ1n) is 12.5. The lowest BCUT2D eigenvalue weighted by Crippen LogP contribution is -2.48. The summed E-state index contributed by atoms with van der Waals surface area (Å²) < 4.78 is 0. The van der Waals surface area contributed by atoms with E-state index in [0.29, 0.717) is 41.1 Å². The molecule has 2 amide bonds. The van der Waals surface area contributed by atoms with Crippen LogP contribution in [-0.4, -0.2) is 64.9 Å². The third-order valence-corrected chi connectivity index (χ3v) is 6.23. The lowest BCUT2D eigenvalue weighted by molar-refractivity contribution is -0.111. The molecule has 0 spiro atoms. The monoisotopic (exact) mass is 533 g/mol. The summed E-state index contributed by atoms with van der Waals surface area (Å²) in [6.45, 7) is 1.26. The molecular formula is C28H32ClN7O2. The first kappa shape index (κ1) is 27.1.